The van der Waals surface area contributed by atoms with Crippen LogP contribution in [-0.4, -0.2) is 16.6 Å². The largest absolute Gasteiger partial charge is 0.313 e. The van der Waals surface area contributed by atoms with E-state index in [1.165, 1.54) is 6.21 Å². The van der Waals surface area contributed by atoms with Gasteiger partial charge in [-0.25, -0.2) is 0 Å². The van der Waals surface area contributed by atoms with Crippen LogP contribution >= 0.6 is 0 Å². The minimum absolute atomic E-state index is 0.399. The lowest BCUT2D eigenvalue weighted by Crippen LogP contribution is -2.13. The Hall–Kier alpha value is -1.38. The lowest BCUT2D eigenvalue weighted by Gasteiger charge is -2.07. The van der Waals surface area contributed by atoms with Crippen molar-refractivity contribution in [2.24, 2.45) is 0 Å². The Kier molecular flexibility index (Phi) is 2.43. The molecule has 0 aliphatic heterocycles. The van der Waals surface area contributed by atoms with E-state index in [1.54, 1.807) is 0 Å². The van der Waals surface area contributed by atoms with Crippen LogP contribution in [0.1, 0.15) is 17.8 Å². The normalized spacial score (nSPS) is 9.83. The lowest BCUT2D eigenvalue weighted by molar-refractivity contribution is 0.992. The van der Waals surface area contributed by atoms with Crippen LogP contribution in [0.3, 0.4) is 0 Å². The molecule has 1 aromatic rings. The predicted octanol–water partition coefficient (Wildman–Crippen LogP) is 1.97. The molecule has 0 spiro atoms. The molecule has 0 saturated heterocycles. The lowest BCUT2D eigenvalue weighted by atomic mass is 10.4. The molecule has 0 unspecified atom stereocenters. The molecular weight excluding hydrogens is 150 g/mol. The maximum atomic E-state index is 7.64. The van der Waals surface area contributed by atoms with Crippen molar-refractivity contribution in [2.45, 2.75) is 20.3 Å². The van der Waals surface area contributed by atoms with Gasteiger partial charge in [0.25, 0.3) is 0 Å². The second kappa shape index (κ2) is 3.34. The zero-order valence-electron chi connectivity index (χ0n) is 7.39. The molecule has 12 heavy (non-hydrogen) atoms. The highest BCUT2D eigenvalue weighted by molar-refractivity contribution is 5.93. The number of rotatable bonds is 2. The molecule has 0 aliphatic carbocycles. The minimum atomic E-state index is 0.399. The first kappa shape index (κ1) is 8.71. The van der Waals surface area contributed by atoms with Gasteiger partial charge >= 0.3 is 0 Å². The van der Waals surface area contributed by atoms with Crippen molar-refractivity contribution in [3.8, 4) is 0 Å². The summed E-state index contributed by atoms with van der Waals surface area (Å²) in [6.07, 6.45) is 1.65. The molecule has 1 aromatic heterocycles. The molecule has 0 amide bonds. The van der Waals surface area contributed by atoms with Gasteiger partial charge in [-0.15, -0.1) is 0 Å². The van der Waals surface area contributed by atoms with Crippen LogP contribution in [0.4, 0.5) is 0 Å². The van der Waals surface area contributed by atoms with Gasteiger partial charge in [0, 0.05) is 24.0 Å². The fourth-order valence-corrected chi connectivity index (χ4v) is 1.28. The zero-order chi connectivity index (χ0) is 9.14. The van der Waals surface area contributed by atoms with Crippen molar-refractivity contribution in [3.63, 3.8) is 0 Å². The molecule has 0 saturated carbocycles. The van der Waals surface area contributed by atoms with Crippen LogP contribution < -0.4 is 0 Å². The van der Waals surface area contributed by atoms with Crippen molar-refractivity contribution < 1.29 is 0 Å². The molecule has 3 heteroatoms. The van der Waals surface area contributed by atoms with Gasteiger partial charge in [0.05, 0.1) is 0 Å². The van der Waals surface area contributed by atoms with Gasteiger partial charge in [-0.3, -0.25) is 5.41 Å². The first-order chi connectivity index (χ1) is 5.66. The first-order valence-corrected chi connectivity index (χ1v) is 3.88. The highest BCUT2D eigenvalue weighted by atomic mass is 15.0. The third-order valence-corrected chi connectivity index (χ3v) is 1.84. The summed E-state index contributed by atoms with van der Waals surface area (Å²) in [5, 5.41) is 14.5. The van der Waals surface area contributed by atoms with Gasteiger partial charge in [0.15, 0.2) is 0 Å². The Morgan fingerprint density at radius 1 is 1.42 bits per heavy atom. The Morgan fingerprint density at radius 2 is 1.92 bits per heavy atom. The summed E-state index contributed by atoms with van der Waals surface area (Å²) in [6, 6.07) is 3.96. The third kappa shape index (κ3) is 1.44. The van der Waals surface area contributed by atoms with E-state index in [0.29, 0.717) is 12.3 Å². The molecule has 1 rings (SSSR count). The highest BCUT2D eigenvalue weighted by Crippen LogP contribution is 2.07. The average Bonchev–Trinajstić information content (AvgIpc) is 2.32. The number of aryl methyl sites for hydroxylation is 2. The van der Waals surface area contributed by atoms with E-state index < -0.39 is 0 Å². The number of nitrogens with zero attached hydrogens (tertiary/aromatic N) is 1. The van der Waals surface area contributed by atoms with Gasteiger partial charge in [-0.2, -0.15) is 0 Å². The SMILES string of the molecule is Cc1ccc(C)n1C(=N)CC=N. The van der Waals surface area contributed by atoms with Crippen molar-refractivity contribution in [1.29, 1.82) is 10.8 Å². The molecule has 0 atom stereocenters. The van der Waals surface area contributed by atoms with E-state index >= 15 is 0 Å². The van der Waals surface area contributed by atoms with Gasteiger partial charge < -0.3 is 9.98 Å². The Labute approximate surface area is 72.0 Å². The van der Waals surface area contributed by atoms with Gasteiger partial charge in [0.2, 0.25) is 0 Å². The number of nitrogens with one attached hydrogen (secondary N) is 2. The quantitative estimate of drug-likeness (QED) is 0.494. The maximum Gasteiger partial charge on any atom is 0.110 e. The monoisotopic (exact) mass is 163 g/mol. The van der Waals surface area contributed by atoms with Gasteiger partial charge in [-0.1, -0.05) is 0 Å². The number of hydrogen-bond donors (Lipinski definition) is 2. The Morgan fingerprint density at radius 3 is 2.33 bits per heavy atom. The second-order valence-corrected chi connectivity index (χ2v) is 2.81. The van der Waals surface area contributed by atoms with Crippen LogP contribution in [0.25, 0.3) is 0 Å². The molecule has 0 fully saturated rings. The fraction of sp³-hybridized carbons (Fsp3) is 0.333. The molecule has 0 aromatic carbocycles. The predicted molar refractivity (Wildman–Crippen MR) is 50.4 cm³/mol. The second-order valence-electron chi connectivity index (χ2n) is 2.81. The van der Waals surface area contributed by atoms with Crippen molar-refractivity contribution in [1.82, 2.24) is 4.57 Å². The molecule has 64 valence electrons. The van der Waals surface area contributed by atoms with E-state index in [-0.39, 0.29) is 0 Å². The summed E-state index contributed by atoms with van der Waals surface area (Å²) in [7, 11) is 0. The van der Waals surface area contributed by atoms with Gasteiger partial charge in [0.1, 0.15) is 5.84 Å². The fourth-order valence-electron chi connectivity index (χ4n) is 1.28. The van der Waals surface area contributed by atoms with E-state index in [1.807, 2.05) is 30.5 Å². The van der Waals surface area contributed by atoms with Crippen LogP contribution in [0.15, 0.2) is 12.1 Å². The summed E-state index contributed by atoms with van der Waals surface area (Å²) >= 11 is 0. The third-order valence-electron chi connectivity index (χ3n) is 1.84. The first-order valence-electron chi connectivity index (χ1n) is 3.88. The van der Waals surface area contributed by atoms with Crippen LogP contribution in [-0.2, 0) is 0 Å². The minimum Gasteiger partial charge on any atom is -0.313 e. The average molecular weight is 163 g/mol. The Balaban J connectivity index is 3.00. The van der Waals surface area contributed by atoms with Crippen molar-refractivity contribution >= 4 is 12.1 Å². The van der Waals surface area contributed by atoms with E-state index in [9.17, 15) is 0 Å². The summed E-state index contributed by atoms with van der Waals surface area (Å²) in [5.41, 5.74) is 2.11. The number of hydrogen-bond acceptors (Lipinski definition) is 2. The molecule has 0 aliphatic rings. The van der Waals surface area contributed by atoms with Gasteiger partial charge in [-0.05, 0) is 26.0 Å². The highest BCUT2D eigenvalue weighted by Gasteiger charge is 2.04. The van der Waals surface area contributed by atoms with E-state index in [2.05, 4.69) is 0 Å². The molecule has 2 N–H and O–H groups in total. The van der Waals surface area contributed by atoms with Crippen molar-refractivity contribution in [3.05, 3.63) is 23.5 Å². The summed E-state index contributed by atoms with van der Waals surface area (Å²) in [4.78, 5) is 0. The summed E-state index contributed by atoms with van der Waals surface area (Å²) in [6.45, 7) is 3.93. The molecule has 0 radical (unpaired) electrons. The topological polar surface area (TPSA) is 52.6 Å². The maximum absolute atomic E-state index is 7.64. The van der Waals surface area contributed by atoms with Crippen LogP contribution in [0, 0.1) is 24.7 Å². The Bertz CT molecular complexity index is 290. The summed E-state index contributed by atoms with van der Waals surface area (Å²) in [5.74, 6) is 0.463. The standard InChI is InChI=1S/C9H13N3/c1-7-3-4-8(2)12(7)9(11)5-6-10/h3-4,6,10-11H,5H2,1-2H3. The molecular formula is C9H13N3. The smallest absolute Gasteiger partial charge is 0.110 e. The van der Waals surface area contributed by atoms with Crippen LogP contribution in [0.5, 0.6) is 0 Å². The number of aromatic nitrogens is 1. The molecule has 0 bridgehead atoms. The van der Waals surface area contributed by atoms with Crippen molar-refractivity contribution in [2.75, 3.05) is 0 Å². The molecule has 1 heterocycles. The van der Waals surface area contributed by atoms with Crippen LogP contribution in [0.2, 0.25) is 0 Å². The summed E-state index contributed by atoms with van der Waals surface area (Å²) < 4.78 is 1.85. The van der Waals surface area contributed by atoms with E-state index in [4.69, 9.17) is 10.8 Å². The zero-order valence-corrected chi connectivity index (χ0v) is 7.39. The van der Waals surface area contributed by atoms with E-state index in [0.717, 1.165) is 11.4 Å². The molecule has 3 nitrogen and oxygen atoms in total.